The van der Waals surface area contributed by atoms with Gasteiger partial charge >= 0.3 is 23.5 Å². The number of esters is 1. The summed E-state index contributed by atoms with van der Waals surface area (Å²) in [6, 6.07) is 22.7. The number of carbonyl (C=O) groups excluding carboxylic acids is 2. The van der Waals surface area contributed by atoms with E-state index in [1.807, 2.05) is 0 Å². The lowest BCUT2D eigenvalue weighted by Gasteiger charge is -2.32. The van der Waals surface area contributed by atoms with Crippen LogP contribution < -0.4 is 10.6 Å². The van der Waals surface area contributed by atoms with Gasteiger partial charge in [-0.05, 0) is 55.4 Å². The molecule has 3 aromatic rings. The summed E-state index contributed by atoms with van der Waals surface area (Å²) in [5.41, 5.74) is 5.37. The van der Waals surface area contributed by atoms with Gasteiger partial charge in [-0.15, -0.1) is 0 Å². The number of ketones is 1. The third-order valence-electron chi connectivity index (χ3n) is 7.33. The average molecular weight is 605 g/mol. The van der Waals surface area contributed by atoms with E-state index in [4.69, 9.17) is 15.6 Å². The molecule has 234 valence electrons. The molecule has 3 unspecified atom stereocenters. The number of Topliss-reactive ketones (excluding diaryl/α,β-unsaturated/α-hetero) is 1. The number of piperidine rings is 1. The molecule has 1 aliphatic rings. The minimum absolute atomic E-state index is 0.114. The number of anilines is 1. The van der Waals surface area contributed by atoms with E-state index in [2.05, 4.69) is 43.0 Å². The smallest absolute Gasteiger partial charge is 0.360 e. The molecule has 10 nitrogen and oxygen atoms in total. The Morgan fingerprint density at radius 3 is 1.86 bits per heavy atom. The van der Waals surface area contributed by atoms with Crippen LogP contribution in [0.1, 0.15) is 71.9 Å². The first kappa shape index (κ1) is 34.0. The predicted molar refractivity (Wildman–Crippen MR) is 166 cm³/mol. The van der Waals surface area contributed by atoms with Gasteiger partial charge in [0.1, 0.15) is 0 Å². The van der Waals surface area contributed by atoms with Crippen molar-refractivity contribution in [1.29, 1.82) is 0 Å². The average Bonchev–Trinajstić information content (AvgIpc) is 3.04. The molecule has 0 bridgehead atoms. The molecule has 0 saturated carbocycles. The van der Waals surface area contributed by atoms with E-state index in [1.165, 1.54) is 92.1 Å². The topological polar surface area (TPSA) is 167 Å². The van der Waals surface area contributed by atoms with Crippen LogP contribution in [0, 0.1) is 5.92 Å². The summed E-state index contributed by atoms with van der Waals surface area (Å²) in [5, 5.41) is 28.6. The van der Waals surface area contributed by atoms with E-state index in [1.54, 1.807) is 12.1 Å². The molecule has 1 heterocycles. The number of nitrogens with two attached hydrogens (primary N) is 1. The molecule has 1 fully saturated rings. The van der Waals surface area contributed by atoms with Crippen molar-refractivity contribution in [3.8, 4) is 0 Å². The molecule has 3 aromatic carbocycles. The largest absolute Gasteiger partial charge is 0.479 e. The van der Waals surface area contributed by atoms with Gasteiger partial charge in [0, 0.05) is 30.4 Å². The highest BCUT2D eigenvalue weighted by molar-refractivity contribution is 6.19. The van der Waals surface area contributed by atoms with Crippen molar-refractivity contribution in [3.63, 3.8) is 0 Å². The molecular weight excluding hydrogens is 564 g/mol. The summed E-state index contributed by atoms with van der Waals surface area (Å²) in [4.78, 5) is 50.6. The minimum Gasteiger partial charge on any atom is -0.479 e. The first-order chi connectivity index (χ1) is 21.0. The number of nitrogens with zero attached hydrogens (tertiary/aromatic N) is 1. The number of ether oxygens (including phenoxy) is 1. The zero-order valence-corrected chi connectivity index (χ0v) is 25.0. The predicted octanol–water partition coefficient (Wildman–Crippen LogP) is 4.72. The molecular formula is C34H40N2O8. The van der Waals surface area contributed by atoms with E-state index in [0.29, 0.717) is 5.92 Å². The Bertz CT molecular complexity index is 1410. The van der Waals surface area contributed by atoms with Gasteiger partial charge in [-0.3, -0.25) is 4.79 Å². The number of carboxylic acid groups (broad SMARTS) is 2. The van der Waals surface area contributed by atoms with Gasteiger partial charge in [0.05, 0.1) is 5.56 Å². The van der Waals surface area contributed by atoms with Crippen molar-refractivity contribution in [2.75, 3.05) is 18.0 Å². The van der Waals surface area contributed by atoms with Gasteiger partial charge in [0.2, 0.25) is 11.9 Å². The lowest BCUT2D eigenvalue weighted by atomic mass is 9.87. The zero-order valence-electron chi connectivity index (χ0n) is 25.0. The summed E-state index contributed by atoms with van der Waals surface area (Å²) < 4.78 is 4.81. The first-order valence-electron chi connectivity index (χ1n) is 14.6. The Hall–Kier alpha value is -4.54. The second-order valence-corrected chi connectivity index (χ2v) is 11.1. The molecule has 4 rings (SSSR count). The van der Waals surface area contributed by atoms with E-state index in [0.717, 1.165) is 6.42 Å². The number of carboxylic acids is 2. The first-order valence-corrected chi connectivity index (χ1v) is 14.6. The van der Waals surface area contributed by atoms with Crippen molar-refractivity contribution in [1.82, 2.24) is 0 Å². The molecule has 1 saturated heterocycles. The third kappa shape index (κ3) is 8.30. The molecule has 1 aliphatic heterocycles. The number of aliphatic carboxylic acids is 2. The molecule has 3 atom stereocenters. The van der Waals surface area contributed by atoms with Crippen LogP contribution in [0.3, 0.4) is 0 Å². The highest BCUT2D eigenvalue weighted by Gasteiger charge is 2.59. The van der Waals surface area contributed by atoms with Crippen molar-refractivity contribution < 1.29 is 39.2 Å². The molecule has 44 heavy (non-hydrogen) atoms. The maximum absolute atomic E-state index is 12.7. The van der Waals surface area contributed by atoms with E-state index in [-0.39, 0.29) is 17.2 Å². The van der Waals surface area contributed by atoms with Gasteiger partial charge in [-0.1, -0.05) is 80.6 Å². The van der Waals surface area contributed by atoms with E-state index < -0.39 is 35.4 Å². The number of carbonyl (C=O) groups is 4. The monoisotopic (exact) mass is 604 g/mol. The Labute approximate surface area is 257 Å². The van der Waals surface area contributed by atoms with Crippen LogP contribution >= 0.6 is 0 Å². The second-order valence-electron chi connectivity index (χ2n) is 11.1. The van der Waals surface area contributed by atoms with Crippen molar-refractivity contribution >= 4 is 29.4 Å². The summed E-state index contributed by atoms with van der Waals surface area (Å²) in [7, 11) is 0. The number of rotatable bonds is 11. The lowest BCUT2D eigenvalue weighted by Crippen LogP contribution is -2.61. The van der Waals surface area contributed by atoms with Crippen molar-refractivity contribution in [2.45, 2.75) is 57.3 Å². The van der Waals surface area contributed by atoms with Crippen LogP contribution in [-0.4, -0.2) is 63.8 Å². The lowest BCUT2D eigenvalue weighted by molar-refractivity contribution is -0.176. The summed E-state index contributed by atoms with van der Waals surface area (Å²) in [6.45, 7) is 6.85. The zero-order chi connectivity index (χ0) is 32.3. The van der Waals surface area contributed by atoms with Crippen molar-refractivity contribution in [2.24, 2.45) is 11.7 Å². The summed E-state index contributed by atoms with van der Waals surface area (Å²) in [5.74, 6) is -6.13. The summed E-state index contributed by atoms with van der Waals surface area (Å²) >= 11 is 0. The van der Waals surface area contributed by atoms with Gasteiger partial charge < -0.3 is 30.7 Å². The quantitative estimate of drug-likeness (QED) is 0.137. The maximum Gasteiger partial charge on any atom is 0.360 e. The van der Waals surface area contributed by atoms with Crippen LogP contribution in [0.2, 0.25) is 0 Å². The highest BCUT2D eigenvalue weighted by Crippen LogP contribution is 2.30. The summed E-state index contributed by atoms with van der Waals surface area (Å²) in [6.07, 6.45) is 2.24. The molecule has 0 spiro atoms. The van der Waals surface area contributed by atoms with Crippen LogP contribution in [0.25, 0.3) is 0 Å². The van der Waals surface area contributed by atoms with Gasteiger partial charge in [-0.25, -0.2) is 14.4 Å². The maximum atomic E-state index is 12.7. The van der Waals surface area contributed by atoms with E-state index >= 15 is 0 Å². The third-order valence-corrected chi connectivity index (χ3v) is 7.33. The molecule has 0 amide bonds. The number of hydrogen-bond donors (Lipinski definition) is 4. The van der Waals surface area contributed by atoms with Crippen LogP contribution in [0.5, 0.6) is 0 Å². The Kier molecular flexibility index (Phi) is 12.2. The number of para-hydroxylation sites is 1. The standard InChI is InChI=1S/C18H14O8.C16H26N2/c19-13(11-7-3-1-4-8-11)18(17(24)25,14(20)15(21)22)26-16(23)12-9-5-2-6-10-12;1-13(2)12-15(17)14-8-4-5-9-16(14)18-10-6-3-7-11-18/h1-10,14,20H,(H,21,22)(H,24,25);4-5,8-9,13,15H,3,6-7,10-12,17H2,1-2H3. The number of aliphatic hydroxyl groups is 1. The van der Waals surface area contributed by atoms with Crippen LogP contribution in [-0.2, 0) is 14.3 Å². The molecule has 0 radical (unpaired) electrons. The van der Waals surface area contributed by atoms with Crippen LogP contribution in [0.4, 0.5) is 5.69 Å². The second kappa shape index (κ2) is 15.8. The Morgan fingerprint density at radius 2 is 1.34 bits per heavy atom. The van der Waals surface area contributed by atoms with Gasteiger partial charge in [0.15, 0.2) is 0 Å². The molecule has 0 aromatic heterocycles. The van der Waals surface area contributed by atoms with Gasteiger partial charge in [0.25, 0.3) is 0 Å². The van der Waals surface area contributed by atoms with Crippen LogP contribution in [0.15, 0.2) is 84.9 Å². The fourth-order valence-electron chi connectivity index (χ4n) is 5.10. The molecule has 0 aliphatic carbocycles. The number of aliphatic hydroxyl groups excluding tert-OH is 1. The fourth-order valence-corrected chi connectivity index (χ4v) is 5.10. The van der Waals surface area contributed by atoms with Gasteiger partial charge in [-0.2, -0.15) is 0 Å². The minimum atomic E-state index is -3.35. The number of benzene rings is 3. The Balaban J connectivity index is 0.000000257. The molecule has 10 heteroatoms. The highest BCUT2D eigenvalue weighted by atomic mass is 16.6. The SMILES string of the molecule is CC(C)CC(N)c1ccccc1N1CCCCC1.O=C(OC(C(=O)O)(C(=O)c1ccccc1)C(O)C(=O)O)c1ccccc1. The fraction of sp³-hybridized carbons (Fsp3) is 0.353. The normalized spacial score (nSPS) is 15.6. The number of hydrogen-bond acceptors (Lipinski definition) is 8. The van der Waals surface area contributed by atoms with Crippen molar-refractivity contribution in [3.05, 3.63) is 102 Å². The van der Waals surface area contributed by atoms with E-state index in [9.17, 15) is 29.4 Å². The molecule has 5 N–H and O–H groups in total. The Morgan fingerprint density at radius 1 is 0.818 bits per heavy atom.